The number of unbranched alkanes of at least 4 members (excludes halogenated alkanes) is 9. The Morgan fingerprint density at radius 2 is 1.52 bits per heavy atom. The highest BCUT2D eigenvalue weighted by Gasteiger charge is 2.03. The zero-order chi connectivity index (χ0) is 18.2. The van der Waals surface area contributed by atoms with E-state index in [-0.39, 0.29) is 0 Å². The van der Waals surface area contributed by atoms with E-state index in [2.05, 4.69) is 25.1 Å². The van der Waals surface area contributed by atoms with Gasteiger partial charge >= 0.3 is 5.97 Å². The predicted octanol–water partition coefficient (Wildman–Crippen LogP) is 6.39. The fraction of sp³-hybridized carbons (Fsp3) is 0.682. The third kappa shape index (κ3) is 11.6. The Kier molecular flexibility index (Phi) is 12.7. The molecule has 25 heavy (non-hydrogen) atoms. The number of aryl methyl sites for hydroxylation is 1. The fourth-order valence-electron chi connectivity index (χ4n) is 3.04. The van der Waals surface area contributed by atoms with Crippen molar-refractivity contribution in [3.05, 3.63) is 29.8 Å². The van der Waals surface area contributed by atoms with Gasteiger partial charge in [0.25, 0.3) is 0 Å². The molecule has 0 unspecified atom stereocenters. The molecule has 0 bridgehead atoms. The Morgan fingerprint density at radius 3 is 2.28 bits per heavy atom. The minimum absolute atomic E-state index is 0.294. The van der Waals surface area contributed by atoms with Gasteiger partial charge in [0.2, 0.25) is 0 Å². The average Bonchev–Trinajstić information content (AvgIpc) is 2.61. The Hall–Kier alpha value is -1.51. The Bertz CT molecular complexity index is 456. The van der Waals surface area contributed by atoms with Crippen molar-refractivity contribution in [2.45, 2.75) is 90.4 Å². The third-order valence-electron chi connectivity index (χ3n) is 4.56. The quantitative estimate of drug-likeness (QED) is 0.352. The number of carbonyl (C=O) groups is 1. The van der Waals surface area contributed by atoms with E-state index in [0.29, 0.717) is 6.42 Å². The van der Waals surface area contributed by atoms with Crippen molar-refractivity contribution in [2.24, 2.45) is 0 Å². The summed E-state index contributed by atoms with van der Waals surface area (Å²) in [4.78, 5) is 10.4. The molecule has 3 nitrogen and oxygen atoms in total. The summed E-state index contributed by atoms with van der Waals surface area (Å²) in [6, 6.07) is 8.42. The number of para-hydroxylation sites is 1. The molecule has 0 fully saturated rings. The second-order valence-electron chi connectivity index (χ2n) is 6.89. The summed E-state index contributed by atoms with van der Waals surface area (Å²) >= 11 is 0. The smallest absolute Gasteiger partial charge is 0.303 e. The van der Waals surface area contributed by atoms with Crippen molar-refractivity contribution in [2.75, 3.05) is 6.61 Å². The molecule has 142 valence electrons. The summed E-state index contributed by atoms with van der Waals surface area (Å²) in [6.07, 6.45) is 14.4. The third-order valence-corrected chi connectivity index (χ3v) is 4.56. The zero-order valence-corrected chi connectivity index (χ0v) is 16.0. The van der Waals surface area contributed by atoms with Gasteiger partial charge in [0, 0.05) is 6.42 Å². The lowest BCUT2D eigenvalue weighted by atomic mass is 10.0. The molecule has 0 spiro atoms. The molecule has 1 aromatic carbocycles. The van der Waals surface area contributed by atoms with Crippen LogP contribution in [0.5, 0.6) is 5.75 Å². The average molecular weight is 349 g/mol. The van der Waals surface area contributed by atoms with E-state index in [9.17, 15) is 4.79 Å². The van der Waals surface area contributed by atoms with E-state index in [4.69, 9.17) is 9.84 Å². The summed E-state index contributed by atoms with van der Waals surface area (Å²) in [6.45, 7) is 3.01. The van der Waals surface area contributed by atoms with Crippen molar-refractivity contribution in [3.8, 4) is 5.75 Å². The van der Waals surface area contributed by atoms with Gasteiger partial charge in [-0.2, -0.15) is 0 Å². The van der Waals surface area contributed by atoms with Gasteiger partial charge in [-0.05, 0) is 37.3 Å². The summed E-state index contributed by atoms with van der Waals surface area (Å²) in [5, 5.41) is 8.60. The molecule has 0 aromatic heterocycles. The highest BCUT2D eigenvalue weighted by molar-refractivity contribution is 5.66. The normalized spacial score (nSPS) is 10.8. The number of carboxylic acid groups (broad SMARTS) is 1. The lowest BCUT2D eigenvalue weighted by molar-refractivity contribution is -0.137. The SMILES string of the molecule is CCCCCCCCc1ccccc1OCCCCCCCC(=O)O. The van der Waals surface area contributed by atoms with E-state index < -0.39 is 5.97 Å². The topological polar surface area (TPSA) is 46.5 Å². The molecule has 3 heteroatoms. The van der Waals surface area contributed by atoms with Crippen LogP contribution >= 0.6 is 0 Å². The number of carboxylic acids is 1. The molecule has 0 atom stereocenters. The molecule has 1 rings (SSSR count). The first-order valence-electron chi connectivity index (χ1n) is 10.2. The first kappa shape index (κ1) is 21.5. The first-order chi connectivity index (χ1) is 12.2. The number of aliphatic carboxylic acids is 1. The minimum atomic E-state index is -0.690. The first-order valence-corrected chi connectivity index (χ1v) is 10.2. The van der Waals surface area contributed by atoms with Crippen LogP contribution in [0.3, 0.4) is 0 Å². The van der Waals surface area contributed by atoms with Crippen LogP contribution in [0.1, 0.15) is 89.5 Å². The van der Waals surface area contributed by atoms with Crippen LogP contribution in [-0.2, 0) is 11.2 Å². The van der Waals surface area contributed by atoms with Crippen LogP contribution in [0.4, 0.5) is 0 Å². The molecule has 1 aromatic rings. The molecule has 0 saturated carbocycles. The minimum Gasteiger partial charge on any atom is -0.493 e. The molecule has 1 N–H and O–H groups in total. The maximum absolute atomic E-state index is 10.4. The number of hydrogen-bond acceptors (Lipinski definition) is 2. The van der Waals surface area contributed by atoms with Gasteiger partial charge in [-0.3, -0.25) is 4.79 Å². The van der Waals surface area contributed by atoms with Crippen molar-refractivity contribution in [3.63, 3.8) is 0 Å². The van der Waals surface area contributed by atoms with Crippen molar-refractivity contribution >= 4 is 5.97 Å². The van der Waals surface area contributed by atoms with Crippen molar-refractivity contribution in [1.82, 2.24) is 0 Å². The molecule has 0 radical (unpaired) electrons. The monoisotopic (exact) mass is 348 g/mol. The van der Waals surface area contributed by atoms with Gasteiger partial charge < -0.3 is 9.84 Å². The van der Waals surface area contributed by atoms with E-state index in [1.54, 1.807) is 0 Å². The van der Waals surface area contributed by atoms with Crippen molar-refractivity contribution in [1.29, 1.82) is 0 Å². The lowest BCUT2D eigenvalue weighted by Gasteiger charge is -2.11. The van der Waals surface area contributed by atoms with Gasteiger partial charge in [0.1, 0.15) is 5.75 Å². The molecule has 0 heterocycles. The van der Waals surface area contributed by atoms with E-state index >= 15 is 0 Å². The second-order valence-corrected chi connectivity index (χ2v) is 6.89. The molecular formula is C22H36O3. The van der Waals surface area contributed by atoms with Gasteiger partial charge in [-0.25, -0.2) is 0 Å². The van der Waals surface area contributed by atoms with Crippen molar-refractivity contribution < 1.29 is 14.6 Å². The highest BCUT2D eigenvalue weighted by Crippen LogP contribution is 2.21. The predicted molar refractivity (Wildman–Crippen MR) is 104 cm³/mol. The number of hydrogen-bond donors (Lipinski definition) is 1. The van der Waals surface area contributed by atoms with Crippen LogP contribution < -0.4 is 4.74 Å². The van der Waals surface area contributed by atoms with Crippen LogP contribution in [0.25, 0.3) is 0 Å². The van der Waals surface area contributed by atoms with Gasteiger partial charge in [0.05, 0.1) is 6.61 Å². The summed E-state index contributed by atoms with van der Waals surface area (Å²) in [5.41, 5.74) is 1.33. The largest absolute Gasteiger partial charge is 0.493 e. The molecule has 0 saturated heterocycles. The van der Waals surface area contributed by atoms with Gasteiger partial charge in [0.15, 0.2) is 0 Å². The summed E-state index contributed by atoms with van der Waals surface area (Å²) in [7, 11) is 0. The Morgan fingerprint density at radius 1 is 0.880 bits per heavy atom. The number of benzene rings is 1. The molecular weight excluding hydrogens is 312 g/mol. The van der Waals surface area contributed by atoms with Crippen LogP contribution in [0.15, 0.2) is 24.3 Å². The van der Waals surface area contributed by atoms with E-state index in [0.717, 1.165) is 50.9 Å². The van der Waals surface area contributed by atoms with Crippen LogP contribution in [0.2, 0.25) is 0 Å². The number of rotatable bonds is 16. The van der Waals surface area contributed by atoms with Crippen LogP contribution in [0, 0.1) is 0 Å². The van der Waals surface area contributed by atoms with Gasteiger partial charge in [-0.1, -0.05) is 76.5 Å². The maximum atomic E-state index is 10.4. The number of ether oxygens (including phenoxy) is 1. The maximum Gasteiger partial charge on any atom is 0.303 e. The Balaban J connectivity index is 2.13. The van der Waals surface area contributed by atoms with E-state index in [1.165, 1.54) is 44.1 Å². The zero-order valence-electron chi connectivity index (χ0n) is 16.0. The molecule has 0 aliphatic carbocycles. The summed E-state index contributed by atoms with van der Waals surface area (Å²) < 4.78 is 5.98. The second kappa shape index (κ2) is 14.8. The standard InChI is InChI=1S/C22H36O3/c1-2-3-4-5-7-10-15-20-16-12-13-17-21(20)25-19-14-9-6-8-11-18-22(23)24/h12-13,16-17H,2-11,14-15,18-19H2,1H3,(H,23,24). The lowest BCUT2D eigenvalue weighted by Crippen LogP contribution is -2.01. The van der Waals surface area contributed by atoms with E-state index in [1.807, 2.05) is 6.07 Å². The van der Waals surface area contributed by atoms with Gasteiger partial charge in [-0.15, -0.1) is 0 Å². The summed E-state index contributed by atoms with van der Waals surface area (Å²) in [5.74, 6) is 0.354. The fourth-order valence-corrected chi connectivity index (χ4v) is 3.04. The molecule has 0 aliphatic rings. The Labute approximate surface area is 153 Å². The molecule has 0 aliphatic heterocycles. The molecule has 0 amide bonds. The highest BCUT2D eigenvalue weighted by atomic mass is 16.5. The van der Waals surface area contributed by atoms with Crippen LogP contribution in [-0.4, -0.2) is 17.7 Å².